The number of aromatic nitrogens is 16. The number of hydrogen-bond acceptors (Lipinski definition) is 22. The zero-order chi connectivity index (χ0) is 105. The van der Waals surface area contributed by atoms with E-state index in [2.05, 4.69) is 346 Å². The molecular weight excluding hydrogens is 1790 g/mol. The van der Waals surface area contributed by atoms with Crippen LogP contribution < -0.4 is 28.4 Å². The summed E-state index contributed by atoms with van der Waals surface area (Å²) in [5.41, 5.74) is 17.9. The highest BCUT2D eigenvalue weighted by Gasteiger charge is 2.22. The first-order valence-electron chi connectivity index (χ1n) is 51.1. The maximum Gasteiger partial charge on any atom is 0.231 e. The van der Waals surface area contributed by atoms with Gasteiger partial charge in [-0.3, -0.25) is 59.8 Å². The van der Waals surface area contributed by atoms with Crippen LogP contribution in [-0.2, 0) is 12.8 Å². The Morgan fingerprint density at radius 3 is 1.14 bits per heavy atom. The van der Waals surface area contributed by atoms with Crippen LogP contribution in [0.15, 0.2) is 294 Å². The lowest BCUT2D eigenvalue weighted by molar-refractivity contribution is 0.170. The smallest absolute Gasteiger partial charge is 0.231 e. The van der Waals surface area contributed by atoms with Gasteiger partial charge in [0.1, 0.15) is 36.9 Å². The minimum atomic E-state index is 0.320. The minimum absolute atomic E-state index is 0.320. The SMILES string of the molecule is CC(C)c1cc2c(cn1)CCO2.CC(C)c1cc2c(cn1)OCCO2.CC(C)c1ccccc1.CC(C)c1ccccn1.CC(C)c1ccccn1.CC(C)c1cccnc1.CC(C)c1ccncc1.CC(C)c1ccncc1.CC(C)c1ccncn1.CC(C)c1cnccn1.CC(C)c1nccc2c1OCCC2.CC(C)c1nccc2c1OCO2.CC(C)c1nccc2ccccc12.CC(C)c1ncccn1. The molecule has 15 aromatic rings. The summed E-state index contributed by atoms with van der Waals surface area (Å²) in [5, 5.41) is 2.56. The molecule has 0 aliphatic carbocycles. The summed E-state index contributed by atoms with van der Waals surface area (Å²) in [6, 6.07) is 56.9. The van der Waals surface area contributed by atoms with E-state index in [1.54, 1.807) is 62.1 Å². The lowest BCUT2D eigenvalue weighted by atomic mass is 10.0. The molecule has 19 rings (SSSR count). The summed E-state index contributed by atoms with van der Waals surface area (Å²) in [7, 11) is 0. The van der Waals surface area contributed by atoms with Crippen molar-refractivity contribution in [2.45, 2.75) is 296 Å². The summed E-state index contributed by atoms with van der Waals surface area (Å²) in [6.45, 7) is 63.2. The predicted octanol–water partition coefficient (Wildman–Crippen LogP) is 30.6. The second-order valence-electron chi connectivity index (χ2n) is 38.9. The molecule has 0 atom stereocenters. The third-order valence-electron chi connectivity index (χ3n) is 22.3. The Labute approximate surface area is 861 Å². The highest BCUT2D eigenvalue weighted by Crippen LogP contribution is 2.38. The summed E-state index contributed by atoms with van der Waals surface area (Å²) in [6.07, 6.45) is 39.3. The van der Waals surface area contributed by atoms with Gasteiger partial charge in [0.2, 0.25) is 6.79 Å². The van der Waals surface area contributed by atoms with Gasteiger partial charge in [-0.05, 0) is 202 Å². The van der Waals surface area contributed by atoms with Crippen LogP contribution in [0.1, 0.15) is 374 Å². The van der Waals surface area contributed by atoms with Gasteiger partial charge in [-0.2, -0.15) is 0 Å². The molecule has 17 heterocycles. The third kappa shape index (κ3) is 44.8. The van der Waals surface area contributed by atoms with Crippen molar-refractivity contribution in [3.63, 3.8) is 0 Å². The van der Waals surface area contributed by atoms with Gasteiger partial charge in [-0.1, -0.05) is 267 Å². The first kappa shape index (κ1) is 119. The van der Waals surface area contributed by atoms with Crippen molar-refractivity contribution < 1.29 is 28.4 Å². The topological polar surface area (TPSA) is 262 Å². The maximum absolute atomic E-state index is 5.65. The predicted molar refractivity (Wildman–Crippen MR) is 590 cm³/mol. The summed E-state index contributed by atoms with van der Waals surface area (Å²) in [4.78, 5) is 66.0. The molecule has 22 nitrogen and oxygen atoms in total. The molecule has 0 fully saturated rings. The quantitative estimate of drug-likeness (QED) is 0.0979. The molecular formula is C122H162N16O6. The molecule has 4 aliphatic heterocycles. The van der Waals surface area contributed by atoms with Gasteiger partial charge in [-0.15, -0.1) is 0 Å². The van der Waals surface area contributed by atoms with Crippen LogP contribution in [0.25, 0.3) is 10.8 Å². The van der Waals surface area contributed by atoms with Crippen LogP contribution in [0.2, 0.25) is 0 Å². The lowest BCUT2D eigenvalue weighted by Crippen LogP contribution is -2.16. The van der Waals surface area contributed by atoms with E-state index in [0.717, 1.165) is 118 Å². The van der Waals surface area contributed by atoms with Gasteiger partial charge in [0.25, 0.3) is 0 Å². The molecule has 766 valence electrons. The van der Waals surface area contributed by atoms with Gasteiger partial charge in [0.05, 0.1) is 42.2 Å². The zero-order valence-electron chi connectivity index (χ0n) is 91.1. The molecule has 0 bridgehead atoms. The Balaban J connectivity index is 0.000000238. The Kier molecular flexibility index (Phi) is 55.3. The number of ether oxygens (including phenoxy) is 6. The van der Waals surface area contributed by atoms with Crippen molar-refractivity contribution in [3.05, 3.63) is 384 Å². The molecule has 0 unspecified atom stereocenters. The summed E-state index contributed by atoms with van der Waals surface area (Å²) < 4.78 is 32.5. The van der Waals surface area contributed by atoms with Crippen molar-refractivity contribution in [2.75, 3.05) is 33.2 Å². The van der Waals surface area contributed by atoms with E-state index >= 15 is 0 Å². The molecule has 4 aliphatic rings. The summed E-state index contributed by atoms with van der Waals surface area (Å²) in [5.74, 6) is 13.5. The standard InChI is InChI=1S/C12H13N.C11H15NO.C10H13NO2.C10H13NO.C9H11NO2.C9H12.5C8H11N.3C7H10N2/c1-9(2)12-11-6-4-3-5-10(11)7-8-13-12;1-8(2)10-11-9(5-6-12-10)4-3-7-13-11;1-7(2)8-5-9-10(6-11-8)13-4-3-12-9;1-7(2)9-5-10-8(6-11-9)3-4-12-10;1-6(2)8-9-7(3-4-10-8)11-5-12-9;1-8(2)9-6-4-3-5-7-9;2*1-7(2)8-3-5-9-6-4-8;1-7(2)8-4-3-5-9-6-8;2*1-7(2)8-5-3-4-6-9-8;1-6(2)7-5-8-3-4-9-7;1-6(2)7-3-4-8-5-9-7;1-6(2)7-8-4-3-5-9-7/h3-9H,1-2H3;5-6,8H,3-4,7H2,1-2H3;5-7H,3-4H2,1-2H3;5-7H,3-4H2,1-2H3;3-4,6H,5H2,1-2H3;3-8H,1-2H3;5*3-7H,1-2H3;3*3-6H,1-2H3. The molecule has 13 aromatic heterocycles. The first-order valence-corrected chi connectivity index (χ1v) is 51.1. The Morgan fingerprint density at radius 1 is 0.215 bits per heavy atom. The van der Waals surface area contributed by atoms with Crippen molar-refractivity contribution in [1.29, 1.82) is 0 Å². The fourth-order valence-corrected chi connectivity index (χ4v) is 13.6. The summed E-state index contributed by atoms with van der Waals surface area (Å²) >= 11 is 0. The van der Waals surface area contributed by atoms with Gasteiger partial charge < -0.3 is 28.4 Å². The number of aryl methyl sites for hydroxylation is 1. The molecule has 22 heteroatoms. The van der Waals surface area contributed by atoms with E-state index in [-0.39, 0.29) is 0 Å². The molecule has 2 aromatic carbocycles. The highest BCUT2D eigenvalue weighted by molar-refractivity contribution is 5.84. The van der Waals surface area contributed by atoms with Crippen LogP contribution in [-0.4, -0.2) is 113 Å². The molecule has 0 spiro atoms. The van der Waals surface area contributed by atoms with Crippen molar-refractivity contribution in [2.24, 2.45) is 0 Å². The monoisotopic (exact) mass is 1950 g/mol. The molecule has 0 saturated carbocycles. The number of pyridine rings is 10. The average molecular weight is 1950 g/mol. The van der Waals surface area contributed by atoms with Gasteiger partial charge in [0.15, 0.2) is 23.0 Å². The van der Waals surface area contributed by atoms with Crippen molar-refractivity contribution in [3.8, 4) is 34.5 Å². The van der Waals surface area contributed by atoms with Crippen LogP contribution >= 0.6 is 0 Å². The van der Waals surface area contributed by atoms with Crippen LogP contribution in [0, 0.1) is 0 Å². The molecule has 0 amide bonds. The Morgan fingerprint density at radius 2 is 0.681 bits per heavy atom. The van der Waals surface area contributed by atoms with E-state index in [9.17, 15) is 0 Å². The first-order chi connectivity index (χ1) is 69.1. The average Bonchev–Trinajstić information content (AvgIpc) is 0.891. The van der Waals surface area contributed by atoms with E-state index < -0.39 is 0 Å². The number of nitrogens with zero attached hydrogens (tertiary/aromatic N) is 16. The normalized spacial score (nSPS) is 11.8. The van der Waals surface area contributed by atoms with Gasteiger partial charge in [0, 0.05) is 182 Å². The number of benzene rings is 2. The maximum atomic E-state index is 5.65. The Bertz CT molecular complexity index is 5250. The number of rotatable bonds is 14. The third-order valence-corrected chi connectivity index (χ3v) is 22.3. The van der Waals surface area contributed by atoms with E-state index in [4.69, 9.17) is 28.4 Å². The van der Waals surface area contributed by atoms with Crippen LogP contribution in [0.3, 0.4) is 0 Å². The highest BCUT2D eigenvalue weighted by atomic mass is 16.7. The molecule has 0 N–H and O–H groups in total. The van der Waals surface area contributed by atoms with Crippen LogP contribution in [0.4, 0.5) is 0 Å². The number of fused-ring (bicyclic) bond motifs is 5. The minimum Gasteiger partial charge on any atom is -0.493 e. The van der Waals surface area contributed by atoms with Crippen molar-refractivity contribution >= 4 is 10.8 Å². The lowest BCUT2D eigenvalue weighted by Gasteiger charge is -2.20. The second-order valence-corrected chi connectivity index (χ2v) is 38.9. The largest absolute Gasteiger partial charge is 0.493 e. The fourth-order valence-electron chi connectivity index (χ4n) is 13.6. The molecule has 0 saturated heterocycles. The zero-order valence-corrected chi connectivity index (χ0v) is 91.1. The van der Waals surface area contributed by atoms with Crippen molar-refractivity contribution in [1.82, 2.24) is 79.7 Å². The van der Waals surface area contributed by atoms with E-state index in [1.807, 2.05) is 159 Å². The van der Waals surface area contributed by atoms with E-state index in [1.165, 1.54) is 49.8 Å². The van der Waals surface area contributed by atoms with Crippen LogP contribution in [0.5, 0.6) is 34.5 Å². The Hall–Kier alpha value is -13.8. The number of hydrogen-bond donors (Lipinski definition) is 0. The van der Waals surface area contributed by atoms with Gasteiger partial charge in [-0.25, -0.2) is 19.9 Å². The molecule has 0 radical (unpaired) electrons. The van der Waals surface area contributed by atoms with Gasteiger partial charge >= 0.3 is 0 Å². The van der Waals surface area contributed by atoms with E-state index in [0.29, 0.717) is 103 Å². The molecule has 144 heavy (non-hydrogen) atoms. The fraction of sp³-hybridized carbons (Fsp3) is 0.410. The second kappa shape index (κ2) is 66.9.